The van der Waals surface area contributed by atoms with Gasteiger partial charge in [0.25, 0.3) is 0 Å². The van der Waals surface area contributed by atoms with E-state index in [1.807, 2.05) is 55.8 Å². The molecule has 0 fully saturated rings. The van der Waals surface area contributed by atoms with Crippen LogP contribution in [-0.4, -0.2) is 54.1 Å². The van der Waals surface area contributed by atoms with Crippen molar-refractivity contribution in [1.29, 1.82) is 0 Å². The third-order valence-electron chi connectivity index (χ3n) is 5.71. The van der Waals surface area contributed by atoms with E-state index in [1.165, 1.54) is 0 Å². The van der Waals surface area contributed by atoms with Crippen molar-refractivity contribution in [3.05, 3.63) is 71.4 Å². The number of hydrogen-bond acceptors (Lipinski definition) is 5. The molecule has 1 amide bonds. The minimum atomic E-state index is -3.33. The summed E-state index contributed by atoms with van der Waals surface area (Å²) in [4.78, 5) is 14.5. The first-order valence-corrected chi connectivity index (χ1v) is 13.6. The first kappa shape index (κ1) is 24.8. The van der Waals surface area contributed by atoms with Crippen molar-refractivity contribution in [3.8, 4) is 11.3 Å². The van der Waals surface area contributed by atoms with Gasteiger partial charge in [-0.1, -0.05) is 42.5 Å². The van der Waals surface area contributed by atoms with Crippen LogP contribution in [0.25, 0.3) is 11.3 Å². The van der Waals surface area contributed by atoms with Gasteiger partial charge in [-0.15, -0.1) is 0 Å². The van der Waals surface area contributed by atoms with Gasteiger partial charge < -0.3 is 9.64 Å². The molecule has 4 rings (SSSR count). The van der Waals surface area contributed by atoms with Gasteiger partial charge >= 0.3 is 6.09 Å². The third-order valence-corrected chi connectivity index (χ3v) is 6.31. The Bertz CT molecular complexity index is 1290. The predicted molar refractivity (Wildman–Crippen MR) is 137 cm³/mol. The molecule has 9 heteroatoms. The summed E-state index contributed by atoms with van der Waals surface area (Å²) in [5.74, 6) is 0. The number of sulfonamides is 1. The number of hydrogen-bond donors (Lipinski definition) is 1. The molecule has 0 aliphatic carbocycles. The summed E-state index contributed by atoms with van der Waals surface area (Å²) in [6.07, 6.45) is 2.20. The monoisotopic (exact) mass is 496 g/mol. The molecule has 1 aliphatic heterocycles. The van der Waals surface area contributed by atoms with Crippen LogP contribution in [0.2, 0.25) is 0 Å². The fraction of sp³-hybridized carbons (Fsp3) is 0.385. The average molecular weight is 497 g/mol. The molecule has 186 valence electrons. The van der Waals surface area contributed by atoms with E-state index >= 15 is 0 Å². The average Bonchev–Trinajstić information content (AvgIpc) is 2.95. The number of ether oxygens (including phenoxy) is 1. The third kappa shape index (κ3) is 6.42. The van der Waals surface area contributed by atoms with Crippen LogP contribution in [0.4, 0.5) is 10.5 Å². The highest BCUT2D eigenvalue weighted by Gasteiger charge is 2.28. The van der Waals surface area contributed by atoms with Crippen LogP contribution < -0.4 is 4.72 Å². The largest absolute Gasteiger partial charge is 0.444 e. The molecule has 2 heterocycles. The Kier molecular flexibility index (Phi) is 6.89. The Labute approximate surface area is 207 Å². The second-order valence-corrected chi connectivity index (χ2v) is 11.6. The van der Waals surface area contributed by atoms with Gasteiger partial charge in [0.2, 0.25) is 10.0 Å². The zero-order valence-electron chi connectivity index (χ0n) is 20.6. The van der Waals surface area contributed by atoms with E-state index in [1.54, 1.807) is 17.0 Å². The molecule has 0 spiro atoms. The van der Waals surface area contributed by atoms with E-state index in [9.17, 15) is 13.2 Å². The molecule has 0 unspecified atom stereocenters. The van der Waals surface area contributed by atoms with Gasteiger partial charge in [-0.2, -0.15) is 5.10 Å². The summed E-state index contributed by atoms with van der Waals surface area (Å²) in [6.45, 7) is 7.29. The molecule has 1 aliphatic rings. The molecule has 0 saturated carbocycles. The number of nitrogens with zero attached hydrogens (tertiary/aromatic N) is 3. The van der Waals surface area contributed by atoms with Crippen molar-refractivity contribution < 1.29 is 17.9 Å². The van der Waals surface area contributed by atoms with E-state index in [0.717, 1.165) is 34.3 Å². The number of benzene rings is 2. The fourth-order valence-electron chi connectivity index (χ4n) is 4.21. The van der Waals surface area contributed by atoms with Crippen molar-refractivity contribution in [2.24, 2.45) is 0 Å². The van der Waals surface area contributed by atoms with Gasteiger partial charge in [0.05, 0.1) is 18.5 Å². The van der Waals surface area contributed by atoms with Crippen LogP contribution in [-0.2, 0) is 34.1 Å². The molecule has 1 N–H and O–H groups in total. The van der Waals surface area contributed by atoms with E-state index in [0.29, 0.717) is 38.2 Å². The number of anilines is 1. The highest BCUT2D eigenvalue weighted by Crippen LogP contribution is 2.29. The number of aromatic nitrogens is 2. The van der Waals surface area contributed by atoms with Gasteiger partial charge in [-0.05, 0) is 44.9 Å². The second-order valence-electron chi connectivity index (χ2n) is 9.84. The standard InChI is InChI=1S/C26H32N4O4S/c1-26(2,3)34-25(31)29-16-14-22-23(15-17-29)30(27-24(22)20-8-6-5-7-9-20)18-19-10-12-21(13-11-19)28-35(4,32)33/h5-13,28H,14-18H2,1-4H3. The predicted octanol–water partition coefficient (Wildman–Crippen LogP) is 4.31. The topological polar surface area (TPSA) is 93.5 Å². The van der Waals surface area contributed by atoms with Crippen LogP contribution in [0.3, 0.4) is 0 Å². The van der Waals surface area contributed by atoms with E-state index in [4.69, 9.17) is 9.84 Å². The Morgan fingerprint density at radius 2 is 1.69 bits per heavy atom. The number of amides is 1. The Hall–Kier alpha value is -3.33. The molecule has 1 aromatic heterocycles. The summed E-state index contributed by atoms with van der Waals surface area (Å²) < 4.78 is 33.1. The normalized spacial score (nSPS) is 14.2. The molecule has 8 nitrogen and oxygen atoms in total. The zero-order chi connectivity index (χ0) is 25.2. The van der Waals surface area contributed by atoms with Crippen LogP contribution in [0, 0.1) is 0 Å². The minimum Gasteiger partial charge on any atom is -0.444 e. The first-order chi connectivity index (χ1) is 16.5. The summed E-state index contributed by atoms with van der Waals surface area (Å²) in [6, 6.07) is 17.4. The maximum atomic E-state index is 12.7. The number of rotatable bonds is 5. The van der Waals surface area contributed by atoms with Gasteiger partial charge in [-0.25, -0.2) is 13.2 Å². The Morgan fingerprint density at radius 3 is 2.31 bits per heavy atom. The lowest BCUT2D eigenvalue weighted by Gasteiger charge is -2.26. The maximum Gasteiger partial charge on any atom is 0.410 e. The first-order valence-electron chi connectivity index (χ1n) is 11.7. The highest BCUT2D eigenvalue weighted by molar-refractivity contribution is 7.92. The fourth-order valence-corrected chi connectivity index (χ4v) is 4.77. The second kappa shape index (κ2) is 9.73. The van der Waals surface area contributed by atoms with Crippen LogP contribution in [0.15, 0.2) is 54.6 Å². The lowest BCUT2D eigenvalue weighted by Crippen LogP contribution is -2.38. The molecular formula is C26H32N4O4S. The molecule has 0 bridgehead atoms. The lowest BCUT2D eigenvalue weighted by atomic mass is 10.0. The van der Waals surface area contributed by atoms with Crippen molar-refractivity contribution in [2.45, 2.75) is 45.8 Å². The quantitative estimate of drug-likeness (QED) is 0.568. The summed E-state index contributed by atoms with van der Waals surface area (Å²) in [5, 5.41) is 4.98. The van der Waals surface area contributed by atoms with Gasteiger partial charge in [0, 0.05) is 42.0 Å². The SMILES string of the molecule is CC(C)(C)OC(=O)N1CCc2c(-c3ccccc3)nn(Cc3ccc(NS(C)(=O)=O)cc3)c2CC1. The van der Waals surface area contributed by atoms with Crippen LogP contribution in [0.5, 0.6) is 0 Å². The maximum absolute atomic E-state index is 12.7. The summed E-state index contributed by atoms with van der Waals surface area (Å²) in [5.41, 5.74) is 5.21. The van der Waals surface area contributed by atoms with Crippen molar-refractivity contribution in [1.82, 2.24) is 14.7 Å². The van der Waals surface area contributed by atoms with Crippen molar-refractivity contribution >= 4 is 21.8 Å². The van der Waals surface area contributed by atoms with Crippen LogP contribution in [0.1, 0.15) is 37.6 Å². The Morgan fingerprint density at radius 1 is 1.03 bits per heavy atom. The number of fused-ring (bicyclic) bond motifs is 1. The van der Waals surface area contributed by atoms with Crippen LogP contribution >= 0.6 is 0 Å². The molecular weight excluding hydrogens is 464 g/mol. The van der Waals surface area contributed by atoms with E-state index in [2.05, 4.69) is 16.9 Å². The van der Waals surface area contributed by atoms with E-state index in [-0.39, 0.29) is 6.09 Å². The summed E-state index contributed by atoms with van der Waals surface area (Å²) >= 11 is 0. The molecule has 2 aromatic carbocycles. The molecule has 0 saturated heterocycles. The smallest absolute Gasteiger partial charge is 0.410 e. The van der Waals surface area contributed by atoms with Crippen molar-refractivity contribution in [2.75, 3.05) is 24.1 Å². The van der Waals surface area contributed by atoms with Crippen molar-refractivity contribution in [3.63, 3.8) is 0 Å². The van der Waals surface area contributed by atoms with E-state index < -0.39 is 15.6 Å². The molecule has 3 aromatic rings. The number of nitrogens with one attached hydrogen (secondary N) is 1. The molecule has 0 atom stereocenters. The van der Waals surface area contributed by atoms with Gasteiger partial charge in [0.15, 0.2) is 0 Å². The molecule has 0 radical (unpaired) electrons. The zero-order valence-corrected chi connectivity index (χ0v) is 21.4. The number of carbonyl (C=O) groups excluding carboxylic acids is 1. The number of carbonyl (C=O) groups is 1. The van der Waals surface area contributed by atoms with Gasteiger partial charge in [0.1, 0.15) is 5.60 Å². The minimum absolute atomic E-state index is 0.294. The highest BCUT2D eigenvalue weighted by atomic mass is 32.2. The Balaban J connectivity index is 1.62. The van der Waals surface area contributed by atoms with Gasteiger partial charge in [-0.3, -0.25) is 9.40 Å². The summed E-state index contributed by atoms with van der Waals surface area (Å²) in [7, 11) is -3.33. The molecule has 35 heavy (non-hydrogen) atoms. The lowest BCUT2D eigenvalue weighted by molar-refractivity contribution is 0.0258.